The van der Waals surface area contributed by atoms with Crippen LogP contribution in [0.25, 0.3) is 0 Å². The van der Waals surface area contributed by atoms with Crippen molar-refractivity contribution in [2.45, 2.75) is 73.3 Å². The molecule has 0 aromatic rings. The molecule has 2 heteroatoms. The molecule has 1 rings (SSSR count). The van der Waals surface area contributed by atoms with Crippen molar-refractivity contribution in [3.8, 4) is 0 Å². The van der Waals surface area contributed by atoms with Crippen LogP contribution < -0.4 is 0 Å². The summed E-state index contributed by atoms with van der Waals surface area (Å²) in [5.41, 5.74) is -0.391. The average Bonchev–Trinajstić information content (AvgIpc) is 2.36. The smallest absolute Gasteiger partial charge is 0.313 e. The Labute approximate surface area is 106 Å². The largest absolute Gasteiger partial charge is 0.459 e. The summed E-state index contributed by atoms with van der Waals surface area (Å²) < 4.78 is 5.58. The molecule has 0 amide bonds. The first-order chi connectivity index (χ1) is 7.55. The van der Waals surface area contributed by atoms with Gasteiger partial charge in [0.15, 0.2) is 0 Å². The molecule has 1 unspecified atom stereocenters. The van der Waals surface area contributed by atoms with Gasteiger partial charge in [-0.2, -0.15) is 0 Å². The van der Waals surface area contributed by atoms with E-state index in [9.17, 15) is 4.79 Å². The van der Waals surface area contributed by atoms with Gasteiger partial charge in [0.1, 0.15) is 5.60 Å². The van der Waals surface area contributed by atoms with Crippen LogP contribution in [0.5, 0.6) is 0 Å². The highest BCUT2D eigenvalue weighted by Crippen LogP contribution is 2.52. The molecular weight excluding hydrogens is 212 g/mol. The van der Waals surface area contributed by atoms with E-state index in [0.717, 1.165) is 19.3 Å². The molecule has 0 aromatic heterocycles. The Hall–Kier alpha value is -0.530. The van der Waals surface area contributed by atoms with Crippen molar-refractivity contribution >= 4 is 5.97 Å². The zero-order valence-electron chi connectivity index (χ0n) is 12.5. The molecular formula is C15H28O2. The lowest BCUT2D eigenvalue weighted by Gasteiger charge is -2.37. The second-order valence-corrected chi connectivity index (χ2v) is 7.33. The molecule has 0 saturated carbocycles. The van der Waals surface area contributed by atoms with Crippen LogP contribution in [0.1, 0.15) is 67.7 Å². The molecule has 1 fully saturated rings. The third-order valence-electron chi connectivity index (χ3n) is 4.37. The predicted molar refractivity (Wildman–Crippen MR) is 70.7 cm³/mol. The molecule has 1 saturated heterocycles. The average molecular weight is 240 g/mol. The molecule has 0 aliphatic carbocycles. The molecule has 17 heavy (non-hydrogen) atoms. The molecule has 0 N–H and O–H groups in total. The van der Waals surface area contributed by atoms with E-state index in [0.29, 0.717) is 5.92 Å². The normalized spacial score (nSPS) is 28.6. The zero-order valence-corrected chi connectivity index (χ0v) is 12.5. The van der Waals surface area contributed by atoms with Gasteiger partial charge in [-0.25, -0.2) is 0 Å². The van der Waals surface area contributed by atoms with E-state index >= 15 is 0 Å². The standard InChI is InChI=1S/C15H28O2/c1-8-13(4,5)9-15(11(2)3)10-14(6,7)17-12(15)16/h11H,8-10H2,1-7H3. The number of carbonyl (C=O) groups excluding carboxylic acids is 1. The molecule has 1 heterocycles. The Morgan fingerprint density at radius 2 is 1.88 bits per heavy atom. The Morgan fingerprint density at radius 3 is 2.18 bits per heavy atom. The molecule has 1 aliphatic heterocycles. The predicted octanol–water partition coefficient (Wildman–Crippen LogP) is 4.18. The van der Waals surface area contributed by atoms with Gasteiger partial charge in [0.2, 0.25) is 0 Å². The molecule has 0 spiro atoms. The second-order valence-electron chi connectivity index (χ2n) is 7.33. The fourth-order valence-corrected chi connectivity index (χ4v) is 2.98. The van der Waals surface area contributed by atoms with Crippen molar-refractivity contribution in [2.75, 3.05) is 0 Å². The zero-order chi connectivity index (χ0) is 13.5. The highest BCUT2D eigenvalue weighted by Gasteiger charge is 2.55. The van der Waals surface area contributed by atoms with Crippen LogP contribution in [-0.2, 0) is 9.53 Å². The molecule has 0 aromatic carbocycles. The maximum atomic E-state index is 12.3. The van der Waals surface area contributed by atoms with Gasteiger partial charge in [-0.15, -0.1) is 0 Å². The van der Waals surface area contributed by atoms with Crippen LogP contribution in [-0.4, -0.2) is 11.6 Å². The van der Waals surface area contributed by atoms with Gasteiger partial charge >= 0.3 is 5.97 Å². The van der Waals surface area contributed by atoms with E-state index < -0.39 is 0 Å². The van der Waals surface area contributed by atoms with Crippen molar-refractivity contribution in [3.63, 3.8) is 0 Å². The maximum Gasteiger partial charge on any atom is 0.313 e. The van der Waals surface area contributed by atoms with E-state index in [1.165, 1.54) is 0 Å². The molecule has 100 valence electrons. The third kappa shape index (κ3) is 2.83. The fourth-order valence-electron chi connectivity index (χ4n) is 2.98. The molecule has 0 radical (unpaired) electrons. The van der Waals surface area contributed by atoms with Crippen molar-refractivity contribution in [2.24, 2.45) is 16.7 Å². The molecule has 0 bridgehead atoms. The van der Waals surface area contributed by atoms with Gasteiger partial charge < -0.3 is 4.74 Å². The lowest BCUT2D eigenvalue weighted by Crippen LogP contribution is -2.37. The first-order valence-electron chi connectivity index (χ1n) is 6.78. The van der Waals surface area contributed by atoms with Crippen LogP contribution in [0.4, 0.5) is 0 Å². The fraction of sp³-hybridized carbons (Fsp3) is 0.933. The number of rotatable bonds is 4. The van der Waals surface area contributed by atoms with Crippen LogP contribution >= 0.6 is 0 Å². The minimum atomic E-state index is -0.300. The minimum absolute atomic E-state index is 0.0130. The summed E-state index contributed by atoms with van der Waals surface area (Å²) in [4.78, 5) is 12.3. The van der Waals surface area contributed by atoms with Crippen LogP contribution in [0, 0.1) is 16.7 Å². The minimum Gasteiger partial charge on any atom is -0.459 e. The van der Waals surface area contributed by atoms with Gasteiger partial charge in [-0.1, -0.05) is 41.0 Å². The summed E-state index contributed by atoms with van der Waals surface area (Å²) in [6.45, 7) is 15.0. The van der Waals surface area contributed by atoms with E-state index in [1.807, 2.05) is 13.8 Å². The first-order valence-corrected chi connectivity index (χ1v) is 6.78. The Bertz CT molecular complexity index is 302. The Morgan fingerprint density at radius 1 is 1.35 bits per heavy atom. The van der Waals surface area contributed by atoms with Gasteiger partial charge in [-0.3, -0.25) is 4.79 Å². The van der Waals surface area contributed by atoms with Crippen LogP contribution in [0.3, 0.4) is 0 Å². The van der Waals surface area contributed by atoms with Gasteiger partial charge in [0.05, 0.1) is 5.41 Å². The topological polar surface area (TPSA) is 26.3 Å². The van der Waals surface area contributed by atoms with Crippen LogP contribution in [0.15, 0.2) is 0 Å². The number of hydrogen-bond acceptors (Lipinski definition) is 2. The van der Waals surface area contributed by atoms with Crippen molar-refractivity contribution < 1.29 is 9.53 Å². The summed E-state index contributed by atoms with van der Waals surface area (Å²) >= 11 is 0. The van der Waals surface area contributed by atoms with Gasteiger partial charge in [-0.05, 0) is 31.6 Å². The lowest BCUT2D eigenvalue weighted by molar-refractivity contribution is -0.155. The number of esters is 1. The van der Waals surface area contributed by atoms with Crippen molar-refractivity contribution in [1.82, 2.24) is 0 Å². The molecule has 1 atom stereocenters. The highest BCUT2D eigenvalue weighted by molar-refractivity contribution is 5.80. The second kappa shape index (κ2) is 4.29. The quantitative estimate of drug-likeness (QED) is 0.689. The SMILES string of the molecule is CCC(C)(C)CC1(C(C)C)CC(C)(C)OC1=O. The summed E-state index contributed by atoms with van der Waals surface area (Å²) in [6.07, 6.45) is 2.87. The first kappa shape index (κ1) is 14.5. The number of carbonyl (C=O) groups is 1. The summed E-state index contributed by atoms with van der Waals surface area (Å²) in [7, 11) is 0. The highest BCUT2D eigenvalue weighted by atomic mass is 16.6. The van der Waals surface area contributed by atoms with Crippen molar-refractivity contribution in [3.05, 3.63) is 0 Å². The van der Waals surface area contributed by atoms with Gasteiger partial charge in [0, 0.05) is 6.42 Å². The molecule has 2 nitrogen and oxygen atoms in total. The third-order valence-corrected chi connectivity index (χ3v) is 4.37. The summed E-state index contributed by atoms with van der Waals surface area (Å²) in [5.74, 6) is 0.349. The number of hydrogen-bond donors (Lipinski definition) is 0. The van der Waals surface area contributed by atoms with E-state index in [1.54, 1.807) is 0 Å². The van der Waals surface area contributed by atoms with E-state index in [2.05, 4.69) is 34.6 Å². The summed E-state index contributed by atoms with van der Waals surface area (Å²) in [5, 5.41) is 0. The Kier molecular flexibility index (Phi) is 3.67. The summed E-state index contributed by atoms with van der Waals surface area (Å²) in [6, 6.07) is 0. The monoisotopic (exact) mass is 240 g/mol. The lowest BCUT2D eigenvalue weighted by atomic mass is 9.63. The van der Waals surface area contributed by atoms with Gasteiger partial charge in [0.25, 0.3) is 0 Å². The Balaban J connectivity index is 3.04. The van der Waals surface area contributed by atoms with E-state index in [4.69, 9.17) is 4.74 Å². The molecule has 1 aliphatic rings. The number of ether oxygens (including phenoxy) is 1. The number of cyclic esters (lactones) is 1. The van der Waals surface area contributed by atoms with Crippen LogP contribution in [0.2, 0.25) is 0 Å². The van der Waals surface area contributed by atoms with Crippen molar-refractivity contribution in [1.29, 1.82) is 0 Å². The maximum absolute atomic E-state index is 12.3. The van der Waals surface area contributed by atoms with E-state index in [-0.39, 0.29) is 22.4 Å².